The van der Waals surface area contributed by atoms with E-state index in [-0.39, 0.29) is 17.1 Å². The predicted octanol–water partition coefficient (Wildman–Crippen LogP) is 3.88. The van der Waals surface area contributed by atoms with Gasteiger partial charge in [-0.15, -0.1) is 0 Å². The molecule has 0 aliphatic heterocycles. The number of carbonyl (C=O) groups excluding carboxylic acids is 1. The molecule has 0 spiro atoms. The molecule has 124 valence electrons. The standard InChI is InChI=1S/C14H18ClF3N2O2/c1-13(2,3)22-12(21)20-11(7-19)9-5-4-8(15)6-10(9)14(16,17)18/h4-6,11H,7,19H2,1-3H3,(H,20,21). The Morgan fingerprint density at radius 2 is 1.95 bits per heavy atom. The van der Waals surface area contributed by atoms with Crippen LogP contribution in [-0.2, 0) is 10.9 Å². The molecule has 1 aromatic rings. The van der Waals surface area contributed by atoms with Crippen LogP contribution >= 0.6 is 11.6 Å². The fraction of sp³-hybridized carbons (Fsp3) is 0.500. The average molecular weight is 339 g/mol. The minimum Gasteiger partial charge on any atom is -0.444 e. The normalized spacial score (nSPS) is 13.6. The van der Waals surface area contributed by atoms with Crippen molar-refractivity contribution >= 4 is 17.7 Å². The third-order valence-electron chi connectivity index (χ3n) is 2.62. The summed E-state index contributed by atoms with van der Waals surface area (Å²) in [6.07, 6.45) is -5.45. The summed E-state index contributed by atoms with van der Waals surface area (Å²) in [5.41, 5.74) is 3.63. The van der Waals surface area contributed by atoms with Gasteiger partial charge in [0.2, 0.25) is 0 Å². The third kappa shape index (κ3) is 5.38. The van der Waals surface area contributed by atoms with Crippen molar-refractivity contribution in [2.24, 2.45) is 5.73 Å². The lowest BCUT2D eigenvalue weighted by molar-refractivity contribution is -0.138. The highest BCUT2D eigenvalue weighted by Crippen LogP contribution is 2.36. The topological polar surface area (TPSA) is 64.3 Å². The zero-order valence-corrected chi connectivity index (χ0v) is 13.2. The summed E-state index contributed by atoms with van der Waals surface area (Å²) in [7, 11) is 0. The second-order valence-corrected chi connectivity index (χ2v) is 6.10. The smallest absolute Gasteiger partial charge is 0.416 e. The van der Waals surface area contributed by atoms with Crippen LogP contribution in [0.5, 0.6) is 0 Å². The summed E-state index contributed by atoms with van der Waals surface area (Å²) in [6, 6.07) is 2.27. The van der Waals surface area contributed by atoms with Gasteiger partial charge in [-0.1, -0.05) is 17.7 Å². The largest absolute Gasteiger partial charge is 0.444 e. The molecule has 8 heteroatoms. The van der Waals surface area contributed by atoms with Crippen molar-refractivity contribution in [3.63, 3.8) is 0 Å². The Bertz CT molecular complexity index is 542. The van der Waals surface area contributed by atoms with Crippen molar-refractivity contribution in [3.8, 4) is 0 Å². The summed E-state index contributed by atoms with van der Waals surface area (Å²) >= 11 is 5.62. The highest BCUT2D eigenvalue weighted by Gasteiger charge is 2.36. The fourth-order valence-electron chi connectivity index (χ4n) is 1.79. The van der Waals surface area contributed by atoms with Gasteiger partial charge in [0.15, 0.2) is 0 Å². The van der Waals surface area contributed by atoms with Gasteiger partial charge < -0.3 is 15.8 Å². The van der Waals surface area contributed by atoms with E-state index in [0.717, 1.165) is 6.07 Å². The van der Waals surface area contributed by atoms with E-state index >= 15 is 0 Å². The molecule has 1 rings (SSSR count). The molecule has 0 aliphatic carbocycles. The van der Waals surface area contributed by atoms with Crippen molar-refractivity contribution in [2.45, 2.75) is 38.6 Å². The lowest BCUT2D eigenvalue weighted by atomic mass is 10.00. The maximum Gasteiger partial charge on any atom is 0.416 e. The summed E-state index contributed by atoms with van der Waals surface area (Å²) in [6.45, 7) is 4.72. The van der Waals surface area contributed by atoms with Gasteiger partial charge in [-0.25, -0.2) is 4.79 Å². The van der Waals surface area contributed by atoms with Crippen LogP contribution in [-0.4, -0.2) is 18.2 Å². The number of benzene rings is 1. The fourth-order valence-corrected chi connectivity index (χ4v) is 1.96. The number of nitrogens with two attached hydrogens (primary N) is 1. The lowest BCUT2D eigenvalue weighted by Gasteiger charge is -2.25. The molecule has 0 saturated carbocycles. The van der Waals surface area contributed by atoms with Gasteiger partial charge in [-0.2, -0.15) is 13.2 Å². The second-order valence-electron chi connectivity index (χ2n) is 5.66. The number of hydrogen-bond acceptors (Lipinski definition) is 3. The van der Waals surface area contributed by atoms with Crippen molar-refractivity contribution in [3.05, 3.63) is 34.3 Å². The minimum atomic E-state index is -4.61. The first kappa shape index (κ1) is 18.6. The van der Waals surface area contributed by atoms with Crippen LogP contribution in [0.15, 0.2) is 18.2 Å². The van der Waals surface area contributed by atoms with Crippen LogP contribution in [0, 0.1) is 0 Å². The highest BCUT2D eigenvalue weighted by atomic mass is 35.5. The van der Waals surface area contributed by atoms with Gasteiger partial charge in [0.25, 0.3) is 0 Å². The Hall–Kier alpha value is -1.47. The first-order valence-corrected chi connectivity index (χ1v) is 6.88. The maximum atomic E-state index is 13.1. The predicted molar refractivity (Wildman–Crippen MR) is 77.6 cm³/mol. The zero-order chi connectivity index (χ0) is 17.1. The van der Waals surface area contributed by atoms with Crippen molar-refractivity contribution in [1.29, 1.82) is 0 Å². The average Bonchev–Trinajstić information content (AvgIpc) is 2.33. The Kier molecular flexibility index (Phi) is 5.70. The molecule has 0 fully saturated rings. The van der Waals surface area contributed by atoms with Crippen molar-refractivity contribution < 1.29 is 22.7 Å². The number of ether oxygens (including phenoxy) is 1. The minimum absolute atomic E-state index is 0.0517. The van der Waals surface area contributed by atoms with Crippen LogP contribution in [0.2, 0.25) is 5.02 Å². The summed E-state index contributed by atoms with van der Waals surface area (Å²) in [4.78, 5) is 11.7. The van der Waals surface area contributed by atoms with Crippen LogP contribution in [0.25, 0.3) is 0 Å². The first-order valence-electron chi connectivity index (χ1n) is 6.50. The molecular formula is C14H18ClF3N2O2. The molecule has 4 nitrogen and oxygen atoms in total. The molecule has 1 amide bonds. The van der Waals surface area contributed by atoms with E-state index in [1.54, 1.807) is 20.8 Å². The van der Waals surface area contributed by atoms with Crippen LogP contribution in [0.4, 0.5) is 18.0 Å². The number of halogens is 4. The van der Waals surface area contributed by atoms with E-state index in [9.17, 15) is 18.0 Å². The summed E-state index contributed by atoms with van der Waals surface area (Å²) in [5, 5.41) is 2.29. The Balaban J connectivity index is 3.08. The number of amides is 1. The molecule has 1 atom stereocenters. The van der Waals surface area contributed by atoms with Gasteiger partial charge in [0, 0.05) is 11.6 Å². The van der Waals surface area contributed by atoms with Crippen LogP contribution in [0.1, 0.15) is 37.9 Å². The Labute approximate surface area is 131 Å². The van der Waals surface area contributed by atoms with Gasteiger partial charge in [0.1, 0.15) is 5.60 Å². The van der Waals surface area contributed by atoms with E-state index < -0.39 is 29.5 Å². The zero-order valence-electron chi connectivity index (χ0n) is 12.4. The molecule has 3 N–H and O–H groups in total. The molecule has 0 heterocycles. The number of rotatable bonds is 3. The molecule has 0 saturated heterocycles. The summed E-state index contributed by atoms with van der Waals surface area (Å²) in [5.74, 6) is 0. The SMILES string of the molecule is CC(C)(C)OC(=O)NC(CN)c1ccc(Cl)cc1C(F)(F)F. The molecule has 0 radical (unpaired) electrons. The molecule has 0 aromatic heterocycles. The number of alkyl halides is 3. The number of alkyl carbamates (subject to hydrolysis) is 1. The quantitative estimate of drug-likeness (QED) is 0.879. The van der Waals surface area contributed by atoms with E-state index in [2.05, 4.69) is 5.32 Å². The van der Waals surface area contributed by atoms with Crippen molar-refractivity contribution in [1.82, 2.24) is 5.32 Å². The van der Waals surface area contributed by atoms with Gasteiger partial charge in [-0.3, -0.25) is 0 Å². The monoisotopic (exact) mass is 338 g/mol. The molecular weight excluding hydrogens is 321 g/mol. The van der Waals surface area contributed by atoms with Crippen LogP contribution in [0.3, 0.4) is 0 Å². The van der Waals surface area contributed by atoms with E-state index in [1.165, 1.54) is 12.1 Å². The summed E-state index contributed by atoms with van der Waals surface area (Å²) < 4.78 is 44.3. The lowest BCUT2D eigenvalue weighted by Crippen LogP contribution is -2.38. The molecule has 1 unspecified atom stereocenters. The highest BCUT2D eigenvalue weighted by molar-refractivity contribution is 6.30. The van der Waals surface area contributed by atoms with E-state index in [4.69, 9.17) is 22.1 Å². The van der Waals surface area contributed by atoms with Gasteiger partial charge in [0.05, 0.1) is 11.6 Å². The third-order valence-corrected chi connectivity index (χ3v) is 2.86. The molecule has 22 heavy (non-hydrogen) atoms. The Morgan fingerprint density at radius 3 is 2.41 bits per heavy atom. The van der Waals surface area contributed by atoms with E-state index in [0.29, 0.717) is 0 Å². The molecule has 0 aliphatic rings. The maximum absolute atomic E-state index is 13.1. The number of hydrogen-bond donors (Lipinski definition) is 2. The second kappa shape index (κ2) is 6.75. The van der Waals surface area contributed by atoms with Crippen LogP contribution < -0.4 is 11.1 Å². The number of carbonyl (C=O) groups is 1. The van der Waals surface area contributed by atoms with Crippen molar-refractivity contribution in [2.75, 3.05) is 6.54 Å². The Morgan fingerprint density at radius 1 is 1.36 bits per heavy atom. The first-order chi connectivity index (χ1) is 9.94. The van der Waals surface area contributed by atoms with Gasteiger partial charge >= 0.3 is 12.3 Å². The molecule has 1 aromatic carbocycles. The number of nitrogens with one attached hydrogen (secondary N) is 1. The van der Waals surface area contributed by atoms with E-state index in [1.807, 2.05) is 0 Å². The van der Waals surface area contributed by atoms with Gasteiger partial charge in [-0.05, 0) is 38.5 Å². The molecule has 0 bridgehead atoms.